The summed E-state index contributed by atoms with van der Waals surface area (Å²) in [6, 6.07) is 8.43. The number of rotatable bonds is 4. The van der Waals surface area contributed by atoms with E-state index in [0.29, 0.717) is 30.1 Å². The predicted octanol–water partition coefficient (Wildman–Crippen LogP) is 3.19. The molecule has 1 aliphatic carbocycles. The van der Waals surface area contributed by atoms with Crippen molar-refractivity contribution in [2.45, 2.75) is 63.4 Å². The Balaban J connectivity index is 1.22. The lowest BCUT2D eigenvalue weighted by atomic mass is 9.82. The van der Waals surface area contributed by atoms with Gasteiger partial charge in [0.2, 0.25) is 0 Å². The van der Waals surface area contributed by atoms with Crippen LogP contribution >= 0.6 is 0 Å². The number of hydrogen-bond donors (Lipinski definition) is 1. The quantitative estimate of drug-likeness (QED) is 0.654. The van der Waals surface area contributed by atoms with E-state index in [-0.39, 0.29) is 0 Å². The lowest BCUT2D eigenvalue weighted by Gasteiger charge is -2.24. The van der Waals surface area contributed by atoms with Gasteiger partial charge >= 0.3 is 0 Å². The summed E-state index contributed by atoms with van der Waals surface area (Å²) in [5.74, 6) is 3.43. The van der Waals surface area contributed by atoms with Gasteiger partial charge in [-0.05, 0) is 44.6 Å². The summed E-state index contributed by atoms with van der Waals surface area (Å²) in [7, 11) is 1.89. The van der Waals surface area contributed by atoms with Crippen LogP contribution in [0.2, 0.25) is 0 Å². The second kappa shape index (κ2) is 7.34. The molecule has 1 saturated carbocycles. The first kappa shape index (κ1) is 17.4. The summed E-state index contributed by atoms with van der Waals surface area (Å²) in [5.41, 5.74) is 1.22. The highest BCUT2D eigenvalue weighted by molar-refractivity contribution is 5.80. The molecule has 1 aromatic carbocycles. The first-order valence-corrected chi connectivity index (χ1v) is 10.7. The van der Waals surface area contributed by atoms with E-state index < -0.39 is 0 Å². The number of nitrogens with zero attached hydrogens (tertiary/aromatic N) is 2. The molecule has 5 rings (SSSR count). The van der Waals surface area contributed by atoms with E-state index in [0.717, 1.165) is 31.3 Å². The van der Waals surface area contributed by atoms with Crippen molar-refractivity contribution >= 4 is 5.96 Å². The van der Waals surface area contributed by atoms with Gasteiger partial charge in [0, 0.05) is 44.1 Å². The van der Waals surface area contributed by atoms with Gasteiger partial charge in [-0.15, -0.1) is 0 Å². The lowest BCUT2D eigenvalue weighted by Crippen LogP contribution is -2.41. The molecular weight excluding hydrogens is 338 g/mol. The molecule has 27 heavy (non-hydrogen) atoms. The van der Waals surface area contributed by atoms with Gasteiger partial charge in [-0.25, -0.2) is 0 Å². The minimum atomic E-state index is 0.388. The molecule has 1 N–H and O–H groups in total. The van der Waals surface area contributed by atoms with E-state index in [1.807, 2.05) is 7.05 Å². The number of nitrogens with one attached hydrogen (secondary N) is 1. The van der Waals surface area contributed by atoms with Crippen molar-refractivity contribution in [3.05, 3.63) is 29.8 Å². The number of para-hydroxylation sites is 1. The van der Waals surface area contributed by atoms with E-state index in [1.165, 1.54) is 44.1 Å². The van der Waals surface area contributed by atoms with Gasteiger partial charge in [-0.1, -0.05) is 18.2 Å². The maximum atomic E-state index is 6.28. The summed E-state index contributed by atoms with van der Waals surface area (Å²) in [5, 5.41) is 3.59. The molecule has 3 aliphatic heterocycles. The van der Waals surface area contributed by atoms with E-state index in [9.17, 15) is 0 Å². The Morgan fingerprint density at radius 1 is 1.11 bits per heavy atom. The van der Waals surface area contributed by atoms with Crippen LogP contribution in [0.5, 0.6) is 5.75 Å². The fourth-order valence-corrected chi connectivity index (χ4v) is 5.59. The normalized spacial score (nSPS) is 32.9. The Bertz CT molecular complexity index is 683. The van der Waals surface area contributed by atoms with Crippen molar-refractivity contribution in [3.8, 4) is 5.75 Å². The molecule has 4 unspecified atom stereocenters. The Hall–Kier alpha value is -1.75. The first-order chi connectivity index (χ1) is 13.3. The van der Waals surface area contributed by atoms with E-state index in [4.69, 9.17) is 9.47 Å². The molecule has 4 aliphatic rings. The van der Waals surface area contributed by atoms with Crippen LogP contribution in [0, 0.1) is 11.8 Å². The lowest BCUT2D eigenvalue weighted by molar-refractivity contribution is 0.0767. The van der Waals surface area contributed by atoms with Crippen molar-refractivity contribution in [2.75, 3.05) is 20.1 Å². The highest BCUT2D eigenvalue weighted by atomic mass is 16.5. The molecule has 3 heterocycles. The van der Waals surface area contributed by atoms with Gasteiger partial charge in [0.25, 0.3) is 0 Å². The Labute approximate surface area is 162 Å². The Kier molecular flexibility index (Phi) is 4.72. The molecule has 5 heteroatoms. The number of ether oxygens (including phenoxy) is 2. The van der Waals surface area contributed by atoms with Crippen molar-refractivity contribution in [2.24, 2.45) is 16.8 Å². The maximum Gasteiger partial charge on any atom is 0.193 e. The van der Waals surface area contributed by atoms with Crippen LogP contribution < -0.4 is 10.1 Å². The molecule has 0 amide bonds. The molecule has 1 aromatic rings. The molecule has 0 spiro atoms. The summed E-state index contributed by atoms with van der Waals surface area (Å²) < 4.78 is 12.4. The average Bonchev–Trinajstić information content (AvgIpc) is 3.46. The average molecular weight is 370 g/mol. The summed E-state index contributed by atoms with van der Waals surface area (Å²) in [6.07, 6.45) is 8.82. The number of fused-ring (bicyclic) bond motifs is 5. The molecule has 4 atom stereocenters. The monoisotopic (exact) mass is 369 g/mol. The molecule has 3 saturated heterocycles. The molecule has 0 radical (unpaired) electrons. The van der Waals surface area contributed by atoms with Crippen LogP contribution in [0.1, 0.15) is 44.1 Å². The van der Waals surface area contributed by atoms with Crippen LogP contribution in [-0.4, -0.2) is 49.3 Å². The highest BCUT2D eigenvalue weighted by Crippen LogP contribution is 2.47. The van der Waals surface area contributed by atoms with Crippen molar-refractivity contribution in [1.29, 1.82) is 0 Å². The number of guanidine groups is 1. The summed E-state index contributed by atoms with van der Waals surface area (Å²) in [6.45, 7) is 2.90. The van der Waals surface area contributed by atoms with Crippen LogP contribution in [-0.2, 0) is 11.3 Å². The van der Waals surface area contributed by atoms with Crippen molar-refractivity contribution < 1.29 is 9.47 Å². The fraction of sp³-hybridized carbons (Fsp3) is 0.682. The fourth-order valence-electron chi connectivity index (χ4n) is 5.59. The van der Waals surface area contributed by atoms with E-state index >= 15 is 0 Å². The third-order valence-electron chi connectivity index (χ3n) is 6.97. The minimum Gasteiger partial charge on any atom is -0.490 e. The summed E-state index contributed by atoms with van der Waals surface area (Å²) in [4.78, 5) is 7.00. The van der Waals surface area contributed by atoms with Gasteiger partial charge in [0.1, 0.15) is 5.75 Å². The van der Waals surface area contributed by atoms with Gasteiger partial charge in [-0.2, -0.15) is 0 Å². The zero-order chi connectivity index (χ0) is 18.2. The minimum absolute atomic E-state index is 0.388. The van der Waals surface area contributed by atoms with Crippen LogP contribution in [0.25, 0.3) is 0 Å². The molecule has 5 nitrogen and oxygen atoms in total. The van der Waals surface area contributed by atoms with Crippen LogP contribution in [0.4, 0.5) is 0 Å². The Morgan fingerprint density at radius 3 is 2.52 bits per heavy atom. The maximum absolute atomic E-state index is 6.28. The third kappa shape index (κ3) is 3.31. The number of hydrogen-bond acceptors (Lipinski definition) is 3. The molecular formula is C22H31N3O2. The van der Waals surface area contributed by atoms with Crippen LogP contribution in [0.3, 0.4) is 0 Å². The number of aliphatic imine (C=N–C) groups is 1. The van der Waals surface area contributed by atoms with Gasteiger partial charge in [0.15, 0.2) is 5.96 Å². The van der Waals surface area contributed by atoms with Crippen molar-refractivity contribution in [3.63, 3.8) is 0 Å². The molecule has 0 aromatic heterocycles. The summed E-state index contributed by atoms with van der Waals surface area (Å²) >= 11 is 0. The third-order valence-corrected chi connectivity index (χ3v) is 6.97. The van der Waals surface area contributed by atoms with Gasteiger partial charge < -0.3 is 19.7 Å². The molecule has 2 bridgehead atoms. The SMILES string of the molecule is CN=C(NCc1ccccc1OC1CCCC1)N1CC2C3CCC(O3)C2C1. The van der Waals surface area contributed by atoms with Crippen LogP contribution in [0.15, 0.2) is 29.3 Å². The first-order valence-electron chi connectivity index (χ1n) is 10.7. The number of likely N-dealkylation sites (tertiary alicyclic amines) is 1. The smallest absolute Gasteiger partial charge is 0.193 e. The highest BCUT2D eigenvalue weighted by Gasteiger charge is 2.53. The van der Waals surface area contributed by atoms with Gasteiger partial charge in [0.05, 0.1) is 18.3 Å². The largest absolute Gasteiger partial charge is 0.490 e. The van der Waals surface area contributed by atoms with Gasteiger partial charge in [-0.3, -0.25) is 4.99 Å². The second-order valence-corrected chi connectivity index (χ2v) is 8.56. The molecule has 4 fully saturated rings. The zero-order valence-electron chi connectivity index (χ0n) is 16.3. The molecule has 146 valence electrons. The standard InChI is InChI=1S/C22H31N3O2/c1-23-22(25-13-17-18(14-25)21-11-10-20(17)27-21)24-12-15-6-2-5-9-19(15)26-16-7-3-4-8-16/h2,5-6,9,16-18,20-21H,3-4,7-8,10-14H2,1H3,(H,23,24). The van der Waals surface area contributed by atoms with Crippen molar-refractivity contribution in [1.82, 2.24) is 10.2 Å². The topological polar surface area (TPSA) is 46.1 Å². The second-order valence-electron chi connectivity index (χ2n) is 8.56. The van der Waals surface area contributed by atoms with E-state index in [2.05, 4.69) is 39.5 Å². The number of benzene rings is 1. The predicted molar refractivity (Wildman–Crippen MR) is 106 cm³/mol. The van der Waals surface area contributed by atoms with E-state index in [1.54, 1.807) is 0 Å². The zero-order valence-corrected chi connectivity index (χ0v) is 16.3. The Morgan fingerprint density at radius 2 is 1.81 bits per heavy atom.